The highest BCUT2D eigenvalue weighted by Gasteiger charge is 2.15. The van der Waals surface area contributed by atoms with Crippen molar-refractivity contribution >= 4 is 35.1 Å². The summed E-state index contributed by atoms with van der Waals surface area (Å²) in [6.07, 6.45) is 6.33. The Morgan fingerprint density at radius 2 is 1.00 bits per heavy atom. The van der Waals surface area contributed by atoms with E-state index in [1.807, 2.05) is 7.05 Å². The molecule has 0 aromatic heterocycles. The predicted molar refractivity (Wildman–Crippen MR) is 149 cm³/mol. The number of hydrogen-bond acceptors (Lipinski definition) is 8. The molecule has 0 aromatic carbocycles. The summed E-state index contributed by atoms with van der Waals surface area (Å²) < 4.78 is 5.25. The Hall–Kier alpha value is -2.66. The van der Waals surface area contributed by atoms with Gasteiger partial charge in [-0.1, -0.05) is 0 Å². The van der Waals surface area contributed by atoms with E-state index in [-0.39, 0.29) is 41.0 Å². The number of hydrogen-bond donors (Lipinski definition) is 4. The van der Waals surface area contributed by atoms with E-state index < -0.39 is 0 Å². The summed E-state index contributed by atoms with van der Waals surface area (Å²) in [4.78, 5) is 64.3. The lowest BCUT2D eigenvalue weighted by atomic mass is 10.0. The average Bonchev–Trinajstić information content (AvgIpc) is 2.87. The van der Waals surface area contributed by atoms with Crippen molar-refractivity contribution in [3.8, 4) is 0 Å². The van der Waals surface area contributed by atoms with Crippen LogP contribution in [0.1, 0.15) is 85.0 Å². The van der Waals surface area contributed by atoms with Gasteiger partial charge in [0.2, 0.25) is 17.7 Å². The zero-order chi connectivity index (χ0) is 29.8. The lowest BCUT2D eigenvalue weighted by Crippen LogP contribution is -2.33. The standard InChI is InChI=1S/C10H20N2O2.C10H19NO3.C7H13NO2/c1-8(13)5-4-6-9(7-11-2)10(14)12-3;1-9(12)5-3-7-14-8-4-6-10(13)11-2;1-6(9)4-3-5-7(10)8-2/h9,11H,4-7H2,1-3H3,(H,12,14);3-8H2,1-2H3,(H,11,13);3-5H2,1-2H3,(H,8,10). The summed E-state index contributed by atoms with van der Waals surface area (Å²) >= 11 is 0. The first-order valence-corrected chi connectivity index (χ1v) is 13.3. The van der Waals surface area contributed by atoms with Gasteiger partial charge < -0.3 is 40.4 Å². The Balaban J connectivity index is -0.000000492. The van der Waals surface area contributed by atoms with Gasteiger partial charge in [-0.05, 0) is 59.9 Å². The van der Waals surface area contributed by atoms with Crippen LogP contribution >= 0.6 is 0 Å². The van der Waals surface area contributed by atoms with Crippen LogP contribution in [0, 0.1) is 5.92 Å². The topological polar surface area (TPSA) is 160 Å². The van der Waals surface area contributed by atoms with E-state index in [1.165, 1.54) is 6.92 Å². The number of nitrogens with one attached hydrogen (secondary N) is 4. The SMILES string of the molecule is CNC(=O)CCCC(C)=O.CNC(=O)CCCOCCCC(C)=O.CNCC(CCCC(C)=O)C(=O)NC. The second-order valence-electron chi connectivity index (χ2n) is 8.89. The Kier molecular flexibility index (Phi) is 30.3. The van der Waals surface area contributed by atoms with Gasteiger partial charge in [0, 0.05) is 73.0 Å². The highest BCUT2D eigenvalue weighted by atomic mass is 16.5. The second kappa shape index (κ2) is 28.9. The molecule has 38 heavy (non-hydrogen) atoms. The van der Waals surface area contributed by atoms with Crippen molar-refractivity contribution in [1.29, 1.82) is 0 Å². The summed E-state index contributed by atoms with van der Waals surface area (Å²) in [5.41, 5.74) is 0. The number of carbonyl (C=O) groups excluding carboxylic acids is 6. The second-order valence-corrected chi connectivity index (χ2v) is 8.89. The zero-order valence-electron chi connectivity index (χ0n) is 24.6. The van der Waals surface area contributed by atoms with E-state index in [0.29, 0.717) is 58.3 Å². The van der Waals surface area contributed by atoms with Gasteiger partial charge in [-0.3, -0.25) is 14.4 Å². The highest BCUT2D eigenvalue weighted by Crippen LogP contribution is 2.08. The number of ketones is 3. The lowest BCUT2D eigenvalue weighted by Gasteiger charge is -2.14. The molecule has 0 bridgehead atoms. The van der Waals surface area contributed by atoms with E-state index in [4.69, 9.17) is 4.74 Å². The molecule has 0 aliphatic carbocycles. The van der Waals surface area contributed by atoms with Gasteiger partial charge in [0.1, 0.15) is 17.3 Å². The molecule has 0 aromatic rings. The number of ether oxygens (including phenoxy) is 1. The minimum absolute atomic E-state index is 0.00116. The molecule has 0 aliphatic rings. The van der Waals surface area contributed by atoms with Crippen molar-refractivity contribution < 1.29 is 33.5 Å². The summed E-state index contributed by atoms with van der Waals surface area (Å²) in [6, 6.07) is 0. The molecule has 0 heterocycles. The van der Waals surface area contributed by atoms with Crippen LogP contribution in [-0.2, 0) is 33.5 Å². The molecule has 3 amide bonds. The van der Waals surface area contributed by atoms with Gasteiger partial charge in [-0.2, -0.15) is 0 Å². The van der Waals surface area contributed by atoms with E-state index in [2.05, 4.69) is 21.3 Å². The molecule has 11 nitrogen and oxygen atoms in total. The monoisotopic (exact) mass is 544 g/mol. The minimum Gasteiger partial charge on any atom is -0.381 e. The molecule has 0 rings (SSSR count). The first kappa shape index (κ1) is 39.8. The Morgan fingerprint density at radius 3 is 1.42 bits per heavy atom. The molecule has 1 atom stereocenters. The maximum atomic E-state index is 11.3. The molecule has 0 aliphatic heterocycles. The molecule has 0 spiro atoms. The van der Waals surface area contributed by atoms with Crippen molar-refractivity contribution in [2.45, 2.75) is 85.0 Å². The summed E-state index contributed by atoms with van der Waals surface area (Å²) in [5, 5.41) is 10.6. The molecular formula is C27H52N4O7. The van der Waals surface area contributed by atoms with E-state index in [1.54, 1.807) is 35.0 Å². The van der Waals surface area contributed by atoms with Crippen LogP contribution in [0.4, 0.5) is 0 Å². The van der Waals surface area contributed by atoms with Crippen LogP contribution in [-0.4, -0.2) is 83.0 Å². The Labute approximate surface area is 229 Å². The molecule has 0 radical (unpaired) electrons. The molecule has 0 fully saturated rings. The third kappa shape index (κ3) is 33.3. The third-order valence-electron chi connectivity index (χ3n) is 5.15. The normalized spacial score (nSPS) is 10.5. The Morgan fingerprint density at radius 1 is 0.579 bits per heavy atom. The fourth-order valence-electron chi connectivity index (χ4n) is 2.98. The lowest BCUT2D eigenvalue weighted by molar-refractivity contribution is -0.125. The first-order chi connectivity index (χ1) is 17.9. The fraction of sp³-hybridized carbons (Fsp3) is 0.778. The largest absolute Gasteiger partial charge is 0.381 e. The van der Waals surface area contributed by atoms with Crippen LogP contribution in [0.2, 0.25) is 0 Å². The van der Waals surface area contributed by atoms with Gasteiger partial charge in [0.05, 0.1) is 5.92 Å². The van der Waals surface area contributed by atoms with Gasteiger partial charge in [-0.25, -0.2) is 0 Å². The maximum Gasteiger partial charge on any atom is 0.224 e. The maximum absolute atomic E-state index is 11.3. The quantitative estimate of drug-likeness (QED) is 0.179. The van der Waals surface area contributed by atoms with E-state index >= 15 is 0 Å². The predicted octanol–water partition coefficient (Wildman–Crippen LogP) is 1.72. The number of Topliss-reactive ketones (excluding diaryl/α,β-unsaturated/α-hetero) is 3. The molecule has 11 heteroatoms. The smallest absolute Gasteiger partial charge is 0.224 e. The summed E-state index contributed by atoms with van der Waals surface area (Å²) in [7, 11) is 6.67. The first-order valence-electron chi connectivity index (χ1n) is 13.3. The van der Waals surface area contributed by atoms with Crippen molar-refractivity contribution in [2.24, 2.45) is 5.92 Å². The van der Waals surface area contributed by atoms with Gasteiger partial charge >= 0.3 is 0 Å². The van der Waals surface area contributed by atoms with Crippen LogP contribution in [0.5, 0.6) is 0 Å². The van der Waals surface area contributed by atoms with Crippen molar-refractivity contribution in [1.82, 2.24) is 21.3 Å². The molecule has 222 valence electrons. The third-order valence-corrected chi connectivity index (χ3v) is 5.15. The molecular weight excluding hydrogens is 492 g/mol. The number of carbonyl (C=O) groups is 6. The molecule has 0 saturated carbocycles. The van der Waals surface area contributed by atoms with E-state index in [0.717, 1.165) is 25.7 Å². The number of rotatable bonds is 19. The zero-order valence-corrected chi connectivity index (χ0v) is 24.6. The molecule has 4 N–H and O–H groups in total. The van der Waals surface area contributed by atoms with Crippen molar-refractivity contribution in [3.05, 3.63) is 0 Å². The molecule has 1 unspecified atom stereocenters. The van der Waals surface area contributed by atoms with Gasteiger partial charge in [0.15, 0.2) is 0 Å². The Bertz CT molecular complexity index is 684. The van der Waals surface area contributed by atoms with Crippen molar-refractivity contribution in [2.75, 3.05) is 47.9 Å². The summed E-state index contributed by atoms with van der Waals surface area (Å²) in [5.74, 6) is 0.582. The summed E-state index contributed by atoms with van der Waals surface area (Å²) in [6.45, 7) is 6.54. The van der Waals surface area contributed by atoms with E-state index in [9.17, 15) is 28.8 Å². The molecule has 0 saturated heterocycles. The van der Waals surface area contributed by atoms with Gasteiger partial charge in [-0.15, -0.1) is 0 Å². The van der Waals surface area contributed by atoms with Crippen molar-refractivity contribution in [3.63, 3.8) is 0 Å². The highest BCUT2D eigenvalue weighted by molar-refractivity contribution is 5.79. The number of amides is 3. The van der Waals surface area contributed by atoms with Crippen LogP contribution in [0.3, 0.4) is 0 Å². The van der Waals surface area contributed by atoms with Crippen LogP contribution in [0.25, 0.3) is 0 Å². The van der Waals surface area contributed by atoms with Gasteiger partial charge in [0.25, 0.3) is 0 Å². The van der Waals surface area contributed by atoms with Crippen LogP contribution < -0.4 is 21.3 Å². The fourth-order valence-corrected chi connectivity index (χ4v) is 2.98. The van der Waals surface area contributed by atoms with Crippen LogP contribution in [0.15, 0.2) is 0 Å². The average molecular weight is 545 g/mol. The minimum atomic E-state index is -0.0238.